The smallest absolute Gasteiger partial charge is 0.193 e. The molecule has 1 aromatic heterocycles. The van der Waals surface area contributed by atoms with Gasteiger partial charge >= 0.3 is 0 Å². The molecule has 0 bridgehead atoms. The molecule has 186 valence electrons. The molecule has 4 aliphatic carbocycles. The normalized spacial score (nSPS) is 48.3. The van der Waals surface area contributed by atoms with Gasteiger partial charge in [0.15, 0.2) is 17.2 Å². The SMILES string of the molecule is CC1(C)O[C@@H]2C[C@H]3[C@@H]4C[C@H](F)C5=Cc6nn(O)cc6C[C@]5(C)[C@H]4[C@@H](O)C[C@]3(C)[C@]2(C(=O)CO)O1. The van der Waals surface area contributed by atoms with Crippen LogP contribution in [0.25, 0.3) is 6.08 Å². The lowest BCUT2D eigenvalue weighted by molar-refractivity contribution is -0.228. The topological polar surface area (TPSA) is 114 Å². The van der Waals surface area contributed by atoms with Crippen LogP contribution in [0.15, 0.2) is 11.8 Å². The molecule has 2 heterocycles. The lowest BCUT2D eigenvalue weighted by Crippen LogP contribution is -2.65. The summed E-state index contributed by atoms with van der Waals surface area (Å²) >= 11 is 0. The van der Waals surface area contributed by atoms with E-state index >= 15 is 4.39 Å². The molecule has 8 nitrogen and oxygen atoms in total. The Labute approximate surface area is 197 Å². The molecule has 9 heteroatoms. The second kappa shape index (κ2) is 6.69. The van der Waals surface area contributed by atoms with Gasteiger partial charge in [0.25, 0.3) is 0 Å². The minimum atomic E-state index is -1.37. The summed E-state index contributed by atoms with van der Waals surface area (Å²) in [6.07, 6.45) is 2.22. The van der Waals surface area contributed by atoms with Gasteiger partial charge in [0.2, 0.25) is 0 Å². The van der Waals surface area contributed by atoms with E-state index in [0.29, 0.717) is 30.5 Å². The van der Waals surface area contributed by atoms with Crippen molar-refractivity contribution in [1.29, 1.82) is 0 Å². The second-order valence-electron chi connectivity index (χ2n) is 12.0. The Morgan fingerprint density at radius 2 is 2.03 bits per heavy atom. The van der Waals surface area contributed by atoms with E-state index in [2.05, 4.69) is 5.10 Å². The zero-order valence-corrected chi connectivity index (χ0v) is 20.0. The average Bonchev–Trinajstić information content (AvgIpc) is 3.30. The molecule has 4 fully saturated rings. The van der Waals surface area contributed by atoms with Crippen LogP contribution in [0.5, 0.6) is 0 Å². The van der Waals surface area contributed by atoms with Crippen molar-refractivity contribution in [2.24, 2.45) is 28.6 Å². The number of fused-ring (bicyclic) bond motifs is 8. The van der Waals surface area contributed by atoms with Crippen LogP contribution in [-0.2, 0) is 20.7 Å². The Morgan fingerprint density at radius 1 is 1.29 bits per heavy atom. The van der Waals surface area contributed by atoms with Gasteiger partial charge in [0.1, 0.15) is 12.8 Å². The zero-order valence-electron chi connectivity index (χ0n) is 20.0. The maximum absolute atomic E-state index is 15.9. The van der Waals surface area contributed by atoms with Crippen molar-refractivity contribution in [2.45, 2.75) is 83.1 Å². The van der Waals surface area contributed by atoms with Gasteiger partial charge in [0.05, 0.1) is 24.1 Å². The van der Waals surface area contributed by atoms with Gasteiger partial charge in [-0.1, -0.05) is 13.8 Å². The highest BCUT2D eigenvalue weighted by atomic mass is 19.1. The Balaban J connectivity index is 1.45. The average molecular weight is 477 g/mol. The van der Waals surface area contributed by atoms with Gasteiger partial charge < -0.3 is 24.9 Å². The Kier molecular flexibility index (Phi) is 4.45. The van der Waals surface area contributed by atoms with Crippen LogP contribution in [-0.4, -0.2) is 67.5 Å². The summed E-state index contributed by atoms with van der Waals surface area (Å²) in [4.78, 5) is 14.0. The summed E-state index contributed by atoms with van der Waals surface area (Å²) in [6, 6.07) is 0. The van der Waals surface area contributed by atoms with E-state index in [-0.39, 0.29) is 24.2 Å². The zero-order chi connectivity index (χ0) is 24.4. The molecule has 34 heavy (non-hydrogen) atoms. The minimum absolute atomic E-state index is 0.115. The first kappa shape index (κ1) is 22.6. The fourth-order valence-electron chi connectivity index (χ4n) is 8.90. The lowest BCUT2D eigenvalue weighted by atomic mass is 9.45. The van der Waals surface area contributed by atoms with Crippen LogP contribution in [0.2, 0.25) is 0 Å². The van der Waals surface area contributed by atoms with Crippen LogP contribution in [0, 0.1) is 28.6 Å². The third-order valence-corrected chi connectivity index (χ3v) is 9.88. The molecule has 1 aliphatic heterocycles. The first-order valence-corrected chi connectivity index (χ1v) is 12.2. The molecule has 0 radical (unpaired) electrons. The largest absolute Gasteiger partial charge is 0.412 e. The van der Waals surface area contributed by atoms with Gasteiger partial charge in [-0.15, -0.1) is 9.94 Å². The molecule has 1 saturated heterocycles. The van der Waals surface area contributed by atoms with Crippen molar-refractivity contribution >= 4 is 11.9 Å². The van der Waals surface area contributed by atoms with E-state index in [0.717, 1.165) is 10.4 Å². The van der Waals surface area contributed by atoms with Crippen LogP contribution in [0.1, 0.15) is 58.2 Å². The molecule has 1 aromatic rings. The van der Waals surface area contributed by atoms with E-state index in [1.54, 1.807) is 26.1 Å². The molecule has 5 aliphatic rings. The molecular formula is C25H33FN2O6. The number of hydrogen-bond acceptors (Lipinski definition) is 7. The van der Waals surface area contributed by atoms with Crippen LogP contribution in [0.4, 0.5) is 4.39 Å². The van der Waals surface area contributed by atoms with E-state index in [1.807, 2.05) is 13.8 Å². The summed E-state index contributed by atoms with van der Waals surface area (Å²) < 4.78 is 28.4. The summed E-state index contributed by atoms with van der Waals surface area (Å²) in [7, 11) is 0. The summed E-state index contributed by atoms with van der Waals surface area (Å²) in [5, 5.41) is 35.5. The number of alkyl halides is 1. The number of rotatable bonds is 2. The van der Waals surface area contributed by atoms with Gasteiger partial charge in [-0.2, -0.15) is 0 Å². The van der Waals surface area contributed by atoms with Crippen LogP contribution < -0.4 is 0 Å². The fourth-order valence-corrected chi connectivity index (χ4v) is 8.90. The molecule has 0 unspecified atom stereocenters. The van der Waals surface area contributed by atoms with Crippen molar-refractivity contribution in [2.75, 3.05) is 6.61 Å². The highest BCUT2D eigenvalue weighted by molar-refractivity contribution is 5.91. The van der Waals surface area contributed by atoms with E-state index in [9.17, 15) is 20.2 Å². The number of ether oxygens (including phenoxy) is 2. The molecule has 3 N–H and O–H groups in total. The van der Waals surface area contributed by atoms with Crippen molar-refractivity contribution < 1.29 is 34.1 Å². The molecule has 0 spiro atoms. The van der Waals surface area contributed by atoms with Crippen LogP contribution >= 0.6 is 0 Å². The Bertz CT molecular complexity index is 1100. The number of aromatic nitrogens is 2. The first-order chi connectivity index (χ1) is 15.9. The number of halogens is 1. The first-order valence-electron chi connectivity index (χ1n) is 12.2. The van der Waals surface area contributed by atoms with E-state index in [1.165, 1.54) is 0 Å². The van der Waals surface area contributed by atoms with Gasteiger partial charge in [0, 0.05) is 16.4 Å². The molecular weight excluding hydrogens is 443 g/mol. The summed E-state index contributed by atoms with van der Waals surface area (Å²) in [5.74, 6) is -1.97. The predicted octanol–water partition coefficient (Wildman–Crippen LogP) is 2.28. The molecule has 0 aromatic carbocycles. The summed E-state index contributed by atoms with van der Waals surface area (Å²) in [6.45, 7) is 6.80. The maximum atomic E-state index is 15.9. The van der Waals surface area contributed by atoms with Crippen molar-refractivity contribution in [1.82, 2.24) is 9.94 Å². The Hall–Kier alpha value is -1.81. The summed E-state index contributed by atoms with van der Waals surface area (Å²) in [5.41, 5.74) is -0.813. The number of allylic oxidation sites excluding steroid dienone is 1. The maximum Gasteiger partial charge on any atom is 0.193 e. The monoisotopic (exact) mass is 476 g/mol. The third kappa shape index (κ3) is 2.56. The number of carbonyl (C=O) groups excluding carboxylic acids is 1. The highest BCUT2D eigenvalue weighted by Crippen LogP contribution is 2.70. The number of nitrogens with zero attached hydrogens (tertiary/aromatic N) is 2. The lowest BCUT2D eigenvalue weighted by Gasteiger charge is -2.61. The number of aliphatic hydroxyl groups is 2. The van der Waals surface area contributed by atoms with Crippen molar-refractivity contribution in [3.05, 3.63) is 23.0 Å². The molecule has 0 amide bonds. The third-order valence-electron chi connectivity index (χ3n) is 9.88. The number of aliphatic hydroxyl groups excluding tert-OH is 2. The van der Waals surface area contributed by atoms with Crippen molar-refractivity contribution in [3.63, 3.8) is 0 Å². The minimum Gasteiger partial charge on any atom is -0.412 e. The molecule has 3 saturated carbocycles. The standard InChI is InChI=1S/C25H33FN2O6/c1-22(2)33-20-7-14-13-5-16(26)15-6-17-12(10-28(32)27-17)8-23(15,3)21(13)18(30)9-24(14,4)25(20,34-22)19(31)11-29/h6,10,13-14,16,18,20-21,29-30,32H,5,7-9,11H2,1-4H3/t13-,14-,16-,18-,20+,21+,23-,24-,25+/m0/s1. The Morgan fingerprint density at radius 3 is 2.74 bits per heavy atom. The number of Topliss-reactive ketones (excluding diaryl/α,β-unsaturated/α-hetero) is 1. The molecule has 6 rings (SSSR count). The molecule has 9 atom stereocenters. The van der Waals surface area contributed by atoms with Gasteiger partial charge in [-0.3, -0.25) is 4.79 Å². The number of ketones is 1. The quantitative estimate of drug-likeness (QED) is 0.561. The predicted molar refractivity (Wildman–Crippen MR) is 117 cm³/mol. The number of carbonyl (C=O) groups is 1. The van der Waals surface area contributed by atoms with Crippen molar-refractivity contribution in [3.8, 4) is 0 Å². The van der Waals surface area contributed by atoms with E-state index < -0.39 is 53.0 Å². The second-order valence-corrected chi connectivity index (χ2v) is 12.0. The highest BCUT2D eigenvalue weighted by Gasteiger charge is 2.77. The van der Waals surface area contributed by atoms with E-state index in [4.69, 9.17) is 9.47 Å². The number of hydrogen-bond donors (Lipinski definition) is 3. The van der Waals surface area contributed by atoms with Crippen LogP contribution in [0.3, 0.4) is 0 Å². The fraction of sp³-hybridized carbons (Fsp3) is 0.760. The van der Waals surface area contributed by atoms with Gasteiger partial charge in [-0.05, 0) is 68.9 Å². The van der Waals surface area contributed by atoms with Gasteiger partial charge in [-0.25, -0.2) is 4.39 Å².